The van der Waals surface area contributed by atoms with Crippen molar-refractivity contribution in [2.75, 3.05) is 6.54 Å². The molecule has 0 aliphatic heterocycles. The zero-order valence-corrected chi connectivity index (χ0v) is 14.6. The van der Waals surface area contributed by atoms with Crippen molar-refractivity contribution in [3.8, 4) is 11.3 Å². The Hall–Kier alpha value is -2.14. The summed E-state index contributed by atoms with van der Waals surface area (Å²) in [4.78, 5) is 16.1. The van der Waals surface area contributed by atoms with Gasteiger partial charge >= 0.3 is 0 Å². The number of hydrogen-bond donors (Lipinski definition) is 2. The minimum absolute atomic E-state index is 0.0254. The Morgan fingerprint density at radius 2 is 2.00 bits per heavy atom. The van der Waals surface area contributed by atoms with Crippen LogP contribution in [0.3, 0.4) is 0 Å². The van der Waals surface area contributed by atoms with Crippen LogP contribution in [0.2, 0.25) is 0 Å². The second kappa shape index (κ2) is 8.64. The molecule has 2 N–H and O–H groups in total. The number of benzene rings is 1. The summed E-state index contributed by atoms with van der Waals surface area (Å²) >= 11 is 0. The number of amides is 1. The van der Waals surface area contributed by atoms with Crippen molar-refractivity contribution < 1.29 is 14.3 Å². The van der Waals surface area contributed by atoms with Gasteiger partial charge < -0.3 is 14.8 Å². The lowest BCUT2D eigenvalue weighted by molar-refractivity contribution is -0.121. The third-order valence-electron chi connectivity index (χ3n) is 3.85. The van der Waals surface area contributed by atoms with Gasteiger partial charge in [0.05, 0.1) is 12.3 Å². The summed E-state index contributed by atoms with van der Waals surface area (Å²) in [5, 5.41) is 12.2. The van der Waals surface area contributed by atoms with Crippen molar-refractivity contribution >= 4 is 5.91 Å². The van der Waals surface area contributed by atoms with E-state index in [0.717, 1.165) is 11.3 Å². The van der Waals surface area contributed by atoms with E-state index in [1.54, 1.807) is 13.1 Å². The van der Waals surface area contributed by atoms with Crippen LogP contribution in [0, 0.1) is 12.8 Å². The van der Waals surface area contributed by atoms with Gasteiger partial charge in [0.25, 0.3) is 0 Å². The van der Waals surface area contributed by atoms with E-state index in [1.807, 2.05) is 38.1 Å². The molecule has 1 aromatic heterocycles. The van der Waals surface area contributed by atoms with Gasteiger partial charge in [-0.2, -0.15) is 0 Å². The molecule has 2 unspecified atom stereocenters. The quantitative estimate of drug-likeness (QED) is 0.780. The molecule has 1 amide bonds. The molecule has 1 heterocycles. The van der Waals surface area contributed by atoms with Crippen molar-refractivity contribution in [3.63, 3.8) is 0 Å². The Labute approximate surface area is 143 Å². The van der Waals surface area contributed by atoms with Crippen molar-refractivity contribution in [2.24, 2.45) is 5.92 Å². The fourth-order valence-electron chi connectivity index (χ4n) is 2.54. The summed E-state index contributed by atoms with van der Waals surface area (Å²) in [7, 11) is 0. The maximum Gasteiger partial charge on any atom is 0.220 e. The van der Waals surface area contributed by atoms with Crippen LogP contribution >= 0.6 is 0 Å². The first-order valence-electron chi connectivity index (χ1n) is 8.40. The van der Waals surface area contributed by atoms with E-state index in [-0.39, 0.29) is 17.9 Å². The predicted molar refractivity (Wildman–Crippen MR) is 93.5 cm³/mol. The number of nitrogens with zero attached hydrogens (tertiary/aromatic N) is 1. The van der Waals surface area contributed by atoms with Gasteiger partial charge in [0.2, 0.25) is 5.91 Å². The van der Waals surface area contributed by atoms with Gasteiger partial charge in [-0.25, -0.2) is 4.98 Å². The molecule has 0 aliphatic carbocycles. The Balaban J connectivity index is 1.78. The average molecular weight is 330 g/mol. The molecule has 0 fully saturated rings. The summed E-state index contributed by atoms with van der Waals surface area (Å²) in [5.74, 6) is 1.51. The molecule has 2 atom stereocenters. The maximum absolute atomic E-state index is 11.9. The molecular formula is C19H26N2O3. The number of carbonyl (C=O) groups is 1. The van der Waals surface area contributed by atoms with Crippen molar-refractivity contribution in [1.82, 2.24) is 10.3 Å². The van der Waals surface area contributed by atoms with Crippen LogP contribution in [0.25, 0.3) is 11.3 Å². The van der Waals surface area contributed by atoms with Crippen LogP contribution in [-0.2, 0) is 11.2 Å². The van der Waals surface area contributed by atoms with Crippen LogP contribution in [-0.4, -0.2) is 28.6 Å². The lowest BCUT2D eigenvalue weighted by atomic mass is 10.0. The fraction of sp³-hybridized carbons (Fsp3) is 0.474. The highest BCUT2D eigenvalue weighted by Gasteiger charge is 2.11. The van der Waals surface area contributed by atoms with Gasteiger partial charge in [-0.05, 0) is 26.2 Å². The van der Waals surface area contributed by atoms with Crippen molar-refractivity contribution in [1.29, 1.82) is 0 Å². The van der Waals surface area contributed by atoms with Crippen LogP contribution < -0.4 is 5.32 Å². The number of rotatable bonds is 8. The molecule has 5 nitrogen and oxygen atoms in total. The van der Waals surface area contributed by atoms with Gasteiger partial charge in [0, 0.05) is 24.9 Å². The van der Waals surface area contributed by atoms with E-state index in [1.165, 1.54) is 5.56 Å². The van der Waals surface area contributed by atoms with Crippen LogP contribution in [0.5, 0.6) is 0 Å². The predicted octanol–water partition coefficient (Wildman–Crippen LogP) is 3.11. The topological polar surface area (TPSA) is 75.4 Å². The van der Waals surface area contributed by atoms with E-state index >= 15 is 0 Å². The Morgan fingerprint density at radius 1 is 1.29 bits per heavy atom. The molecule has 0 radical (unpaired) electrons. The largest absolute Gasteiger partial charge is 0.441 e. The summed E-state index contributed by atoms with van der Waals surface area (Å²) in [5.41, 5.74) is 2.18. The Morgan fingerprint density at radius 3 is 2.67 bits per heavy atom. The number of nitrogens with one attached hydrogen (secondary N) is 1. The molecule has 0 saturated heterocycles. The highest BCUT2D eigenvalue weighted by Crippen LogP contribution is 2.21. The highest BCUT2D eigenvalue weighted by molar-refractivity contribution is 5.76. The van der Waals surface area contributed by atoms with Gasteiger partial charge in [0.1, 0.15) is 0 Å². The molecule has 2 rings (SSSR count). The minimum atomic E-state index is -0.343. The minimum Gasteiger partial charge on any atom is -0.441 e. The maximum atomic E-state index is 11.9. The molecule has 2 aromatic rings. The Kier molecular flexibility index (Phi) is 6.55. The average Bonchev–Trinajstić information content (AvgIpc) is 3.00. The third kappa shape index (κ3) is 5.81. The van der Waals surface area contributed by atoms with Gasteiger partial charge in [0.15, 0.2) is 11.7 Å². The fourth-order valence-corrected chi connectivity index (χ4v) is 2.54. The van der Waals surface area contributed by atoms with E-state index < -0.39 is 0 Å². The molecule has 0 bridgehead atoms. The highest BCUT2D eigenvalue weighted by atomic mass is 16.4. The number of aromatic nitrogens is 1. The monoisotopic (exact) mass is 330 g/mol. The smallest absolute Gasteiger partial charge is 0.220 e. The summed E-state index contributed by atoms with van der Waals surface area (Å²) < 4.78 is 5.71. The Bertz CT molecular complexity index is 647. The SMILES string of the molecule is Cc1ccc(-c2cnc(CCC(=O)NCC(C)CC(C)O)o2)cc1. The van der Waals surface area contributed by atoms with Gasteiger partial charge in [-0.1, -0.05) is 36.8 Å². The molecule has 24 heavy (non-hydrogen) atoms. The first-order valence-corrected chi connectivity index (χ1v) is 8.40. The summed E-state index contributed by atoms with van der Waals surface area (Å²) in [6, 6.07) is 8.05. The number of aliphatic hydroxyl groups excluding tert-OH is 1. The zero-order chi connectivity index (χ0) is 17.5. The number of aliphatic hydroxyl groups is 1. The first-order chi connectivity index (χ1) is 11.4. The molecule has 0 spiro atoms. The molecule has 5 heteroatoms. The van der Waals surface area contributed by atoms with Crippen LogP contribution in [0.4, 0.5) is 0 Å². The second-order valence-electron chi connectivity index (χ2n) is 6.48. The summed E-state index contributed by atoms with van der Waals surface area (Å²) in [6.45, 7) is 6.38. The standard InChI is InChI=1S/C19H26N2O3/c1-13-4-6-16(7-5-13)17-12-21-19(24-17)9-8-18(23)20-11-14(2)10-15(3)22/h4-7,12,14-15,22H,8-11H2,1-3H3,(H,20,23). The molecule has 130 valence electrons. The zero-order valence-electron chi connectivity index (χ0n) is 14.6. The van der Waals surface area contributed by atoms with Crippen molar-refractivity contribution in [2.45, 2.75) is 46.1 Å². The van der Waals surface area contributed by atoms with Crippen molar-refractivity contribution in [3.05, 3.63) is 41.9 Å². The van der Waals surface area contributed by atoms with E-state index in [2.05, 4.69) is 10.3 Å². The van der Waals surface area contributed by atoms with E-state index in [0.29, 0.717) is 31.7 Å². The number of carbonyl (C=O) groups excluding carboxylic acids is 1. The molecular weight excluding hydrogens is 304 g/mol. The van der Waals surface area contributed by atoms with E-state index in [9.17, 15) is 9.90 Å². The normalized spacial score (nSPS) is 13.5. The van der Waals surface area contributed by atoms with Crippen LogP contribution in [0.1, 0.15) is 38.1 Å². The molecule has 1 aromatic carbocycles. The van der Waals surface area contributed by atoms with Gasteiger partial charge in [-0.15, -0.1) is 0 Å². The lowest BCUT2D eigenvalue weighted by Crippen LogP contribution is -2.29. The summed E-state index contributed by atoms with van der Waals surface area (Å²) in [6.07, 6.45) is 2.85. The first kappa shape index (κ1) is 18.2. The number of oxazole rings is 1. The van der Waals surface area contributed by atoms with E-state index in [4.69, 9.17) is 4.42 Å². The lowest BCUT2D eigenvalue weighted by Gasteiger charge is -2.13. The molecule has 0 aliphatic rings. The number of aryl methyl sites for hydroxylation is 2. The third-order valence-corrected chi connectivity index (χ3v) is 3.85. The van der Waals surface area contributed by atoms with Gasteiger partial charge in [-0.3, -0.25) is 4.79 Å². The molecule has 0 saturated carbocycles. The second-order valence-corrected chi connectivity index (χ2v) is 6.48. The van der Waals surface area contributed by atoms with Crippen LogP contribution in [0.15, 0.2) is 34.9 Å². The number of hydrogen-bond acceptors (Lipinski definition) is 4.